The van der Waals surface area contributed by atoms with Crippen molar-refractivity contribution >= 4 is 29.3 Å². The van der Waals surface area contributed by atoms with E-state index in [1.54, 1.807) is 4.90 Å². The van der Waals surface area contributed by atoms with Crippen LogP contribution in [-0.2, 0) is 22.5 Å². The first-order valence-corrected chi connectivity index (χ1v) is 12.4. The molecule has 0 saturated carbocycles. The van der Waals surface area contributed by atoms with Gasteiger partial charge in [0.1, 0.15) is 0 Å². The van der Waals surface area contributed by atoms with Crippen molar-refractivity contribution in [2.45, 2.75) is 52.0 Å². The lowest BCUT2D eigenvalue weighted by Crippen LogP contribution is -2.67. The molecule has 5 amide bonds. The lowest BCUT2D eigenvalue weighted by atomic mass is 9.69. The van der Waals surface area contributed by atoms with Crippen LogP contribution in [0, 0.1) is 5.41 Å². The van der Waals surface area contributed by atoms with E-state index in [0.717, 1.165) is 22.5 Å². The molecule has 0 bridgehead atoms. The number of primary amides is 1. The standard InChI is InChI=1S/C27H33N5O4/c1-17-15-32-22-10-9-21(31-12-11-30(26(31)35)16-19-7-5-4-6-8-19)13-20(22)14-27(3,23(32)18(2)36-17)24(33)29-25(28)34/h4-10,13,17-18,23H,11-12,14-16H2,1-3H3,(H3,28,29,33,34)/t17-,18+,23-,27-/m1/s1. The summed E-state index contributed by atoms with van der Waals surface area (Å²) in [7, 11) is 0. The van der Waals surface area contributed by atoms with Crippen LogP contribution in [0.5, 0.6) is 0 Å². The van der Waals surface area contributed by atoms with Gasteiger partial charge in [0, 0.05) is 37.6 Å². The molecule has 2 saturated heterocycles. The van der Waals surface area contributed by atoms with E-state index >= 15 is 0 Å². The van der Waals surface area contributed by atoms with Crippen molar-refractivity contribution in [3.63, 3.8) is 0 Å². The second-order valence-corrected chi connectivity index (χ2v) is 10.3. The van der Waals surface area contributed by atoms with Gasteiger partial charge < -0.3 is 20.3 Å². The van der Waals surface area contributed by atoms with Crippen LogP contribution in [0.25, 0.3) is 0 Å². The number of urea groups is 2. The van der Waals surface area contributed by atoms with Gasteiger partial charge in [-0.2, -0.15) is 0 Å². The molecule has 2 aromatic carbocycles. The fraction of sp³-hybridized carbons (Fsp3) is 0.444. The number of rotatable bonds is 4. The minimum Gasteiger partial charge on any atom is -0.372 e. The molecule has 0 unspecified atom stereocenters. The van der Waals surface area contributed by atoms with Crippen molar-refractivity contribution in [2.24, 2.45) is 11.1 Å². The first-order valence-electron chi connectivity index (χ1n) is 12.4. The summed E-state index contributed by atoms with van der Waals surface area (Å²) in [6, 6.07) is 14.8. The van der Waals surface area contributed by atoms with E-state index in [1.807, 2.05) is 74.2 Å². The topological polar surface area (TPSA) is 108 Å². The largest absolute Gasteiger partial charge is 0.372 e. The second-order valence-electron chi connectivity index (χ2n) is 10.3. The Hall–Kier alpha value is -3.59. The average Bonchev–Trinajstić information content (AvgIpc) is 3.18. The summed E-state index contributed by atoms with van der Waals surface area (Å²) in [5.74, 6) is -0.419. The molecular weight excluding hydrogens is 458 g/mol. The Morgan fingerprint density at radius 3 is 2.61 bits per heavy atom. The molecule has 3 N–H and O–H groups in total. The molecule has 0 aromatic heterocycles. The van der Waals surface area contributed by atoms with Crippen LogP contribution >= 0.6 is 0 Å². The number of hydrogen-bond donors (Lipinski definition) is 2. The highest BCUT2D eigenvalue weighted by atomic mass is 16.5. The van der Waals surface area contributed by atoms with Gasteiger partial charge >= 0.3 is 12.1 Å². The van der Waals surface area contributed by atoms with Crippen molar-refractivity contribution in [2.75, 3.05) is 29.4 Å². The number of fused-ring (bicyclic) bond motifs is 3. The number of benzene rings is 2. The zero-order valence-electron chi connectivity index (χ0n) is 20.9. The Balaban J connectivity index is 1.46. The van der Waals surface area contributed by atoms with E-state index in [9.17, 15) is 14.4 Å². The highest BCUT2D eigenvalue weighted by Gasteiger charge is 2.53. The van der Waals surface area contributed by atoms with Crippen LogP contribution in [-0.4, -0.2) is 60.8 Å². The number of imide groups is 1. The van der Waals surface area contributed by atoms with E-state index in [-0.39, 0.29) is 24.3 Å². The summed E-state index contributed by atoms with van der Waals surface area (Å²) in [6.45, 7) is 8.26. The quantitative estimate of drug-likeness (QED) is 0.684. The summed E-state index contributed by atoms with van der Waals surface area (Å²) in [6.07, 6.45) is 0.155. The van der Waals surface area contributed by atoms with Gasteiger partial charge in [0.05, 0.1) is 23.7 Å². The van der Waals surface area contributed by atoms with Crippen LogP contribution in [0.15, 0.2) is 48.5 Å². The van der Waals surface area contributed by atoms with E-state index in [2.05, 4.69) is 10.2 Å². The lowest BCUT2D eigenvalue weighted by Gasteiger charge is -2.54. The monoisotopic (exact) mass is 491 g/mol. The molecule has 0 spiro atoms. The average molecular weight is 492 g/mol. The Bertz CT molecular complexity index is 1190. The van der Waals surface area contributed by atoms with Gasteiger partial charge in [-0.25, -0.2) is 9.59 Å². The molecule has 3 heterocycles. The molecule has 2 fully saturated rings. The van der Waals surface area contributed by atoms with Crippen molar-refractivity contribution in [1.82, 2.24) is 10.2 Å². The third-order valence-corrected chi connectivity index (χ3v) is 7.64. The van der Waals surface area contributed by atoms with Crippen molar-refractivity contribution < 1.29 is 19.1 Å². The van der Waals surface area contributed by atoms with Crippen LogP contribution in [0.3, 0.4) is 0 Å². The number of carbonyl (C=O) groups excluding carboxylic acids is 3. The van der Waals surface area contributed by atoms with E-state index in [4.69, 9.17) is 10.5 Å². The van der Waals surface area contributed by atoms with Gasteiger partial charge in [-0.15, -0.1) is 0 Å². The minimum absolute atomic E-state index is 0.0166. The maximum atomic E-state index is 13.3. The molecular formula is C27H33N5O4. The summed E-state index contributed by atoms with van der Waals surface area (Å²) in [5, 5.41) is 2.30. The van der Waals surface area contributed by atoms with Gasteiger partial charge in [0.25, 0.3) is 0 Å². The van der Waals surface area contributed by atoms with Crippen LogP contribution < -0.4 is 20.9 Å². The number of nitrogens with one attached hydrogen (secondary N) is 1. The molecule has 3 aliphatic rings. The van der Waals surface area contributed by atoms with Crippen LogP contribution in [0.4, 0.5) is 21.0 Å². The number of ether oxygens (including phenoxy) is 1. The molecule has 9 nitrogen and oxygen atoms in total. The fourth-order valence-electron chi connectivity index (χ4n) is 6.14. The number of nitrogens with two attached hydrogens (primary N) is 1. The van der Waals surface area contributed by atoms with Gasteiger partial charge in [-0.1, -0.05) is 30.3 Å². The first-order chi connectivity index (χ1) is 17.2. The Morgan fingerprint density at radius 2 is 1.89 bits per heavy atom. The van der Waals surface area contributed by atoms with E-state index in [0.29, 0.717) is 32.6 Å². The third-order valence-electron chi connectivity index (χ3n) is 7.64. The zero-order chi connectivity index (χ0) is 25.6. The molecule has 0 aliphatic carbocycles. The molecule has 190 valence electrons. The maximum Gasteiger partial charge on any atom is 0.324 e. The number of carbonyl (C=O) groups is 3. The third kappa shape index (κ3) is 4.17. The first kappa shape index (κ1) is 24.1. The van der Waals surface area contributed by atoms with Gasteiger partial charge in [-0.3, -0.25) is 15.0 Å². The van der Waals surface area contributed by atoms with E-state index < -0.39 is 17.4 Å². The normalized spacial score (nSPS) is 27.5. The van der Waals surface area contributed by atoms with Crippen molar-refractivity contribution in [3.05, 3.63) is 59.7 Å². The molecule has 2 aromatic rings. The van der Waals surface area contributed by atoms with E-state index in [1.165, 1.54) is 0 Å². The summed E-state index contributed by atoms with van der Waals surface area (Å²) in [5.41, 5.74) is 8.24. The van der Waals surface area contributed by atoms with Crippen molar-refractivity contribution in [3.8, 4) is 0 Å². The van der Waals surface area contributed by atoms with Crippen LogP contribution in [0.2, 0.25) is 0 Å². The molecule has 4 atom stereocenters. The highest BCUT2D eigenvalue weighted by molar-refractivity contribution is 5.98. The van der Waals surface area contributed by atoms with Gasteiger partial charge in [-0.05, 0) is 56.5 Å². The number of morpholine rings is 1. The fourth-order valence-corrected chi connectivity index (χ4v) is 6.14. The zero-order valence-corrected chi connectivity index (χ0v) is 20.9. The highest BCUT2D eigenvalue weighted by Crippen LogP contribution is 2.46. The Labute approximate surface area is 211 Å². The number of amides is 5. The second kappa shape index (κ2) is 9.13. The predicted octanol–water partition coefficient (Wildman–Crippen LogP) is 2.87. The molecule has 0 radical (unpaired) electrons. The summed E-state index contributed by atoms with van der Waals surface area (Å²) >= 11 is 0. The number of hydrogen-bond acceptors (Lipinski definition) is 5. The Kier molecular flexibility index (Phi) is 6.12. The summed E-state index contributed by atoms with van der Waals surface area (Å²) in [4.78, 5) is 43.9. The predicted molar refractivity (Wildman–Crippen MR) is 137 cm³/mol. The maximum absolute atomic E-state index is 13.3. The van der Waals surface area contributed by atoms with Crippen LogP contribution in [0.1, 0.15) is 31.9 Å². The molecule has 3 aliphatic heterocycles. The SMILES string of the molecule is C[C@@H]1CN2c3ccc(N4CCN(Cc5ccccc5)C4=O)cc3C[C@@](C)(C(=O)NC(N)=O)[C@H]2[C@H](C)O1. The lowest BCUT2D eigenvalue weighted by molar-refractivity contribution is -0.136. The van der Waals surface area contributed by atoms with Gasteiger partial charge in [0.2, 0.25) is 5.91 Å². The number of nitrogens with zero attached hydrogens (tertiary/aromatic N) is 3. The Morgan fingerprint density at radius 1 is 1.14 bits per heavy atom. The smallest absolute Gasteiger partial charge is 0.324 e. The summed E-state index contributed by atoms with van der Waals surface area (Å²) < 4.78 is 6.10. The number of anilines is 2. The van der Waals surface area contributed by atoms with Gasteiger partial charge in [0.15, 0.2) is 0 Å². The molecule has 9 heteroatoms. The molecule has 36 heavy (non-hydrogen) atoms. The minimum atomic E-state index is -0.950. The van der Waals surface area contributed by atoms with Crippen molar-refractivity contribution in [1.29, 1.82) is 0 Å². The molecule has 5 rings (SSSR count).